The van der Waals surface area contributed by atoms with Crippen LogP contribution in [0.4, 0.5) is 8.78 Å². The summed E-state index contributed by atoms with van der Waals surface area (Å²) < 4.78 is 26.5. The molecule has 0 radical (unpaired) electrons. The number of aliphatic hydroxyl groups excluding tert-OH is 1. The Labute approximate surface area is 114 Å². The van der Waals surface area contributed by atoms with Crippen molar-refractivity contribution in [1.29, 1.82) is 0 Å². The molecule has 0 atom stereocenters. The van der Waals surface area contributed by atoms with Gasteiger partial charge < -0.3 is 10.4 Å². The lowest BCUT2D eigenvalue weighted by atomic mass is 10.1. The highest BCUT2D eigenvalue weighted by Crippen LogP contribution is 2.12. The lowest BCUT2D eigenvalue weighted by Crippen LogP contribution is -2.24. The Morgan fingerprint density at radius 3 is 2.45 bits per heavy atom. The van der Waals surface area contributed by atoms with Crippen LogP contribution in [0.1, 0.15) is 21.5 Å². The Morgan fingerprint density at radius 1 is 1.05 bits per heavy atom. The van der Waals surface area contributed by atoms with Crippen molar-refractivity contribution in [2.24, 2.45) is 0 Å². The molecule has 0 aliphatic rings. The predicted octanol–water partition coefficient (Wildman–Crippen LogP) is 2.39. The number of benzene rings is 2. The zero-order valence-electron chi connectivity index (χ0n) is 10.6. The van der Waals surface area contributed by atoms with Crippen molar-refractivity contribution in [3.63, 3.8) is 0 Å². The van der Waals surface area contributed by atoms with Crippen molar-refractivity contribution in [2.45, 2.75) is 13.2 Å². The van der Waals surface area contributed by atoms with Gasteiger partial charge in [0.05, 0.1) is 12.2 Å². The van der Waals surface area contributed by atoms with Crippen LogP contribution in [0.15, 0.2) is 42.5 Å². The summed E-state index contributed by atoms with van der Waals surface area (Å²) in [7, 11) is 0. The molecule has 0 bridgehead atoms. The number of carbonyl (C=O) groups is 1. The summed E-state index contributed by atoms with van der Waals surface area (Å²) in [5.41, 5.74) is 1.05. The van der Waals surface area contributed by atoms with Gasteiger partial charge in [0, 0.05) is 6.54 Å². The third-order valence-corrected chi connectivity index (χ3v) is 2.92. The Hall–Kier alpha value is -2.27. The van der Waals surface area contributed by atoms with E-state index < -0.39 is 17.5 Å². The number of amides is 1. The standard InChI is InChI=1S/C15H13F2NO2/c16-13-7-3-6-12(14(13)17)15(20)18-8-10-4-1-2-5-11(10)9-19/h1-7,19H,8-9H2,(H,18,20). The molecule has 2 aromatic carbocycles. The second-order valence-electron chi connectivity index (χ2n) is 4.21. The summed E-state index contributed by atoms with van der Waals surface area (Å²) in [4.78, 5) is 11.8. The van der Waals surface area contributed by atoms with Crippen LogP contribution < -0.4 is 5.32 Å². The van der Waals surface area contributed by atoms with Crippen molar-refractivity contribution in [1.82, 2.24) is 5.32 Å². The SMILES string of the molecule is O=C(NCc1ccccc1CO)c1cccc(F)c1F. The van der Waals surface area contributed by atoms with Crippen molar-refractivity contribution < 1.29 is 18.7 Å². The molecule has 5 heteroatoms. The highest BCUT2D eigenvalue weighted by Gasteiger charge is 2.14. The predicted molar refractivity (Wildman–Crippen MR) is 69.9 cm³/mol. The summed E-state index contributed by atoms with van der Waals surface area (Å²) in [6, 6.07) is 10.4. The fourth-order valence-electron chi connectivity index (χ4n) is 1.83. The normalized spacial score (nSPS) is 10.3. The largest absolute Gasteiger partial charge is 0.392 e. The molecule has 0 aliphatic heterocycles. The molecule has 0 unspecified atom stereocenters. The van der Waals surface area contributed by atoms with Gasteiger partial charge in [-0.1, -0.05) is 30.3 Å². The van der Waals surface area contributed by atoms with Crippen LogP contribution >= 0.6 is 0 Å². The lowest BCUT2D eigenvalue weighted by Gasteiger charge is -2.09. The summed E-state index contributed by atoms with van der Waals surface area (Å²) in [6.07, 6.45) is 0. The lowest BCUT2D eigenvalue weighted by molar-refractivity contribution is 0.0945. The van der Waals surface area contributed by atoms with E-state index in [1.54, 1.807) is 24.3 Å². The minimum atomic E-state index is -1.17. The zero-order chi connectivity index (χ0) is 14.5. The maximum Gasteiger partial charge on any atom is 0.254 e. The molecule has 20 heavy (non-hydrogen) atoms. The third-order valence-electron chi connectivity index (χ3n) is 2.92. The van der Waals surface area contributed by atoms with Crippen LogP contribution in [0.25, 0.3) is 0 Å². The van der Waals surface area contributed by atoms with Crippen molar-refractivity contribution in [2.75, 3.05) is 0 Å². The van der Waals surface area contributed by atoms with E-state index in [1.807, 2.05) is 0 Å². The molecule has 2 aromatic rings. The Kier molecular flexibility index (Phi) is 4.42. The first-order valence-electron chi connectivity index (χ1n) is 6.03. The minimum absolute atomic E-state index is 0.130. The second kappa shape index (κ2) is 6.25. The van der Waals surface area contributed by atoms with Crippen LogP contribution in [-0.2, 0) is 13.2 Å². The quantitative estimate of drug-likeness (QED) is 0.901. The zero-order valence-corrected chi connectivity index (χ0v) is 10.6. The van der Waals surface area contributed by atoms with E-state index >= 15 is 0 Å². The summed E-state index contributed by atoms with van der Waals surface area (Å²) >= 11 is 0. The molecule has 2 N–H and O–H groups in total. The highest BCUT2D eigenvalue weighted by molar-refractivity contribution is 5.94. The molecule has 104 valence electrons. The minimum Gasteiger partial charge on any atom is -0.392 e. The summed E-state index contributed by atoms with van der Waals surface area (Å²) in [6.45, 7) is -0.0219. The fraction of sp³-hybridized carbons (Fsp3) is 0.133. The van der Waals surface area contributed by atoms with Gasteiger partial charge in [0.25, 0.3) is 5.91 Å². The van der Waals surface area contributed by atoms with Gasteiger partial charge in [-0.25, -0.2) is 8.78 Å². The smallest absolute Gasteiger partial charge is 0.254 e. The van der Waals surface area contributed by atoms with E-state index in [9.17, 15) is 13.6 Å². The Bertz CT molecular complexity index is 629. The Balaban J connectivity index is 2.11. The maximum atomic E-state index is 13.4. The van der Waals surface area contributed by atoms with Crippen molar-refractivity contribution >= 4 is 5.91 Å². The molecule has 0 saturated heterocycles. The van der Waals surface area contributed by atoms with Gasteiger partial charge in [0.1, 0.15) is 0 Å². The van der Waals surface area contributed by atoms with Crippen LogP contribution in [0.3, 0.4) is 0 Å². The van der Waals surface area contributed by atoms with E-state index in [0.29, 0.717) is 5.56 Å². The molecule has 0 heterocycles. The number of rotatable bonds is 4. The second-order valence-corrected chi connectivity index (χ2v) is 4.21. The number of hydrogen-bond donors (Lipinski definition) is 2. The molecular weight excluding hydrogens is 264 g/mol. The average Bonchev–Trinajstić information content (AvgIpc) is 2.48. The van der Waals surface area contributed by atoms with Gasteiger partial charge >= 0.3 is 0 Å². The summed E-state index contributed by atoms with van der Waals surface area (Å²) in [5, 5.41) is 11.7. The molecule has 0 aromatic heterocycles. The molecule has 3 nitrogen and oxygen atoms in total. The molecule has 0 spiro atoms. The van der Waals surface area contributed by atoms with Crippen LogP contribution in [-0.4, -0.2) is 11.0 Å². The van der Waals surface area contributed by atoms with Gasteiger partial charge in [-0.15, -0.1) is 0 Å². The van der Waals surface area contributed by atoms with E-state index in [0.717, 1.165) is 11.6 Å². The number of carbonyl (C=O) groups excluding carboxylic acids is 1. The first-order valence-corrected chi connectivity index (χ1v) is 6.03. The van der Waals surface area contributed by atoms with E-state index in [2.05, 4.69) is 5.32 Å². The van der Waals surface area contributed by atoms with Crippen LogP contribution in [0, 0.1) is 11.6 Å². The molecule has 1 amide bonds. The van der Waals surface area contributed by atoms with Crippen molar-refractivity contribution in [3.8, 4) is 0 Å². The van der Waals surface area contributed by atoms with Gasteiger partial charge in [-0.3, -0.25) is 4.79 Å². The van der Waals surface area contributed by atoms with E-state index in [4.69, 9.17) is 5.11 Å². The average molecular weight is 277 g/mol. The topological polar surface area (TPSA) is 49.3 Å². The molecular formula is C15H13F2NO2. The maximum absolute atomic E-state index is 13.4. The van der Waals surface area contributed by atoms with E-state index in [-0.39, 0.29) is 18.7 Å². The van der Waals surface area contributed by atoms with Gasteiger partial charge in [0.2, 0.25) is 0 Å². The van der Waals surface area contributed by atoms with Crippen LogP contribution in [0.5, 0.6) is 0 Å². The molecule has 0 aliphatic carbocycles. The van der Waals surface area contributed by atoms with Gasteiger partial charge in [-0.2, -0.15) is 0 Å². The highest BCUT2D eigenvalue weighted by atomic mass is 19.2. The number of nitrogens with one attached hydrogen (secondary N) is 1. The van der Waals surface area contributed by atoms with Gasteiger partial charge in [0.15, 0.2) is 11.6 Å². The van der Waals surface area contributed by atoms with E-state index in [1.165, 1.54) is 12.1 Å². The van der Waals surface area contributed by atoms with Crippen molar-refractivity contribution in [3.05, 3.63) is 70.8 Å². The monoisotopic (exact) mass is 277 g/mol. The first kappa shape index (κ1) is 14.1. The molecule has 0 saturated carbocycles. The first-order chi connectivity index (χ1) is 9.63. The van der Waals surface area contributed by atoms with Crippen LogP contribution in [0.2, 0.25) is 0 Å². The third kappa shape index (κ3) is 3.00. The number of halogens is 2. The number of hydrogen-bond acceptors (Lipinski definition) is 2. The Morgan fingerprint density at radius 2 is 1.75 bits per heavy atom. The number of aliphatic hydroxyl groups is 1. The summed E-state index contributed by atoms with van der Waals surface area (Å²) in [5.74, 6) is -2.93. The fourth-order valence-corrected chi connectivity index (χ4v) is 1.83. The molecule has 2 rings (SSSR count). The van der Waals surface area contributed by atoms with Gasteiger partial charge in [-0.05, 0) is 23.3 Å². The molecule has 0 fully saturated rings.